The van der Waals surface area contributed by atoms with E-state index in [-0.39, 0.29) is 22.6 Å². The summed E-state index contributed by atoms with van der Waals surface area (Å²) in [6, 6.07) is 9.94. The van der Waals surface area contributed by atoms with Crippen molar-refractivity contribution in [3.8, 4) is 0 Å². The van der Waals surface area contributed by atoms with E-state index in [9.17, 15) is 13.2 Å². The van der Waals surface area contributed by atoms with Crippen molar-refractivity contribution in [1.82, 2.24) is 15.0 Å². The van der Waals surface area contributed by atoms with E-state index in [1.165, 1.54) is 6.07 Å². The van der Waals surface area contributed by atoms with E-state index < -0.39 is 16.1 Å². The van der Waals surface area contributed by atoms with Crippen LogP contribution in [0.5, 0.6) is 0 Å². The van der Waals surface area contributed by atoms with Crippen LogP contribution in [0.2, 0.25) is 0 Å². The normalized spacial score (nSPS) is 13.2. The van der Waals surface area contributed by atoms with Crippen molar-refractivity contribution in [2.24, 2.45) is 0 Å². The molecule has 2 heterocycles. The third-order valence-electron chi connectivity index (χ3n) is 3.90. The maximum atomic E-state index is 12.6. The topological polar surface area (TPSA) is 91.1 Å². The molecule has 0 radical (unpaired) electrons. The fraction of sp³-hybridized carbons (Fsp3) is 0.278. The van der Waals surface area contributed by atoms with E-state index in [2.05, 4.69) is 15.0 Å². The molecule has 0 saturated heterocycles. The van der Waals surface area contributed by atoms with Crippen LogP contribution in [-0.4, -0.2) is 31.4 Å². The number of fused-ring (bicyclic) bond motifs is 1. The van der Waals surface area contributed by atoms with Gasteiger partial charge in [-0.2, -0.15) is 4.72 Å². The van der Waals surface area contributed by atoms with Crippen molar-refractivity contribution in [1.29, 1.82) is 0 Å². The predicted octanol–water partition coefficient (Wildman–Crippen LogP) is 2.64. The van der Waals surface area contributed by atoms with Crippen LogP contribution >= 0.6 is 11.3 Å². The van der Waals surface area contributed by atoms with Gasteiger partial charge < -0.3 is 10.3 Å². The van der Waals surface area contributed by atoms with Crippen LogP contribution in [0.4, 0.5) is 0 Å². The molecule has 3 aromatic rings. The maximum absolute atomic E-state index is 12.6. The Hall–Kier alpha value is -2.16. The van der Waals surface area contributed by atoms with Gasteiger partial charge in [0.25, 0.3) is 10.0 Å². The van der Waals surface area contributed by atoms with E-state index in [1.807, 2.05) is 44.3 Å². The van der Waals surface area contributed by atoms with Crippen LogP contribution < -0.4 is 10.0 Å². The SMILES string of the molecule is CC(C)NC(=O)[C@H](Cc1c[nH]c2ccccc12)NS(=O)(=O)c1cccs1. The van der Waals surface area contributed by atoms with E-state index in [4.69, 9.17) is 0 Å². The van der Waals surface area contributed by atoms with E-state index >= 15 is 0 Å². The highest BCUT2D eigenvalue weighted by Crippen LogP contribution is 2.21. The van der Waals surface area contributed by atoms with Gasteiger partial charge in [-0.1, -0.05) is 24.3 Å². The van der Waals surface area contributed by atoms with Gasteiger partial charge in [-0.3, -0.25) is 4.79 Å². The van der Waals surface area contributed by atoms with Crippen molar-refractivity contribution >= 4 is 38.2 Å². The molecule has 0 aliphatic carbocycles. The summed E-state index contributed by atoms with van der Waals surface area (Å²) < 4.78 is 27.9. The summed E-state index contributed by atoms with van der Waals surface area (Å²) in [7, 11) is -3.76. The number of amides is 1. The zero-order valence-electron chi connectivity index (χ0n) is 14.5. The second-order valence-corrected chi connectivity index (χ2v) is 9.22. The predicted molar refractivity (Wildman–Crippen MR) is 104 cm³/mol. The molecular weight excluding hydrogens is 370 g/mol. The van der Waals surface area contributed by atoms with Gasteiger partial charge in [-0.25, -0.2) is 8.42 Å². The lowest BCUT2D eigenvalue weighted by molar-refractivity contribution is -0.123. The van der Waals surface area contributed by atoms with Gasteiger partial charge in [-0.15, -0.1) is 11.3 Å². The van der Waals surface area contributed by atoms with Crippen LogP contribution in [0.15, 0.2) is 52.2 Å². The second kappa shape index (κ2) is 7.61. The summed E-state index contributed by atoms with van der Waals surface area (Å²) in [5, 5.41) is 5.47. The van der Waals surface area contributed by atoms with Gasteiger partial charge in [0.15, 0.2) is 0 Å². The number of benzene rings is 1. The Kier molecular flexibility index (Phi) is 5.45. The molecule has 2 aromatic heterocycles. The number of hydrogen-bond acceptors (Lipinski definition) is 4. The summed E-state index contributed by atoms with van der Waals surface area (Å²) >= 11 is 1.12. The van der Waals surface area contributed by atoms with Crippen LogP contribution in [0.3, 0.4) is 0 Å². The molecule has 1 amide bonds. The lowest BCUT2D eigenvalue weighted by Gasteiger charge is -2.19. The zero-order valence-corrected chi connectivity index (χ0v) is 16.2. The standard InChI is InChI=1S/C18H21N3O3S2/c1-12(2)20-18(22)16(21-26(23,24)17-8-5-9-25-17)10-13-11-19-15-7-4-3-6-14(13)15/h3-9,11-12,16,19,21H,10H2,1-2H3,(H,20,22)/t16-/m0/s1. The molecule has 0 bridgehead atoms. The number of H-pyrrole nitrogens is 1. The number of hydrogen-bond donors (Lipinski definition) is 3. The van der Waals surface area contributed by atoms with Crippen LogP contribution in [0, 0.1) is 0 Å². The molecule has 1 atom stereocenters. The van der Waals surface area contributed by atoms with Gasteiger partial charge in [0.2, 0.25) is 5.91 Å². The summed E-state index contributed by atoms with van der Waals surface area (Å²) in [6.07, 6.45) is 2.08. The summed E-state index contributed by atoms with van der Waals surface area (Å²) in [5.74, 6) is -0.342. The van der Waals surface area contributed by atoms with Crippen molar-refractivity contribution in [3.63, 3.8) is 0 Å². The Morgan fingerprint density at radius 2 is 1.96 bits per heavy atom. The molecule has 3 N–H and O–H groups in total. The van der Waals surface area contributed by atoms with Crippen LogP contribution in [0.25, 0.3) is 10.9 Å². The third-order valence-corrected chi connectivity index (χ3v) is 6.77. The summed E-state index contributed by atoms with van der Waals surface area (Å²) in [5.41, 5.74) is 1.84. The molecule has 3 rings (SSSR count). The smallest absolute Gasteiger partial charge is 0.250 e. The van der Waals surface area contributed by atoms with Crippen molar-refractivity contribution in [2.45, 2.75) is 36.6 Å². The number of thiophene rings is 1. The van der Waals surface area contributed by atoms with Gasteiger partial charge in [0.05, 0.1) is 0 Å². The molecule has 0 aliphatic rings. The molecule has 0 unspecified atom stereocenters. The largest absolute Gasteiger partial charge is 0.361 e. The highest BCUT2D eigenvalue weighted by molar-refractivity contribution is 7.91. The summed E-state index contributed by atoms with van der Waals surface area (Å²) in [6.45, 7) is 3.68. The first kappa shape index (κ1) is 18.6. The maximum Gasteiger partial charge on any atom is 0.250 e. The number of para-hydroxylation sites is 1. The average molecular weight is 392 g/mol. The molecule has 0 saturated carbocycles. The molecule has 0 spiro atoms. The van der Waals surface area contributed by atoms with Crippen molar-refractivity contribution in [2.75, 3.05) is 0 Å². The third kappa shape index (κ3) is 4.14. The fourth-order valence-corrected chi connectivity index (χ4v) is 4.96. The Morgan fingerprint density at radius 1 is 1.19 bits per heavy atom. The molecule has 6 nitrogen and oxygen atoms in total. The Balaban J connectivity index is 1.89. The first-order chi connectivity index (χ1) is 12.4. The van der Waals surface area contributed by atoms with Gasteiger partial charge in [0.1, 0.15) is 10.3 Å². The minimum Gasteiger partial charge on any atom is -0.361 e. The van der Waals surface area contributed by atoms with E-state index in [1.54, 1.807) is 11.4 Å². The highest BCUT2D eigenvalue weighted by atomic mass is 32.2. The number of carbonyl (C=O) groups is 1. The highest BCUT2D eigenvalue weighted by Gasteiger charge is 2.27. The first-order valence-corrected chi connectivity index (χ1v) is 10.6. The zero-order chi connectivity index (χ0) is 18.7. The van der Waals surface area contributed by atoms with Gasteiger partial charge in [0, 0.05) is 23.1 Å². The fourth-order valence-electron chi connectivity index (χ4n) is 2.76. The van der Waals surface area contributed by atoms with E-state index in [0.29, 0.717) is 0 Å². The van der Waals surface area contributed by atoms with Gasteiger partial charge >= 0.3 is 0 Å². The number of sulfonamides is 1. The Bertz CT molecular complexity index is 992. The number of nitrogens with one attached hydrogen (secondary N) is 3. The first-order valence-electron chi connectivity index (χ1n) is 8.28. The van der Waals surface area contributed by atoms with E-state index in [0.717, 1.165) is 27.8 Å². The molecule has 138 valence electrons. The number of carbonyl (C=O) groups excluding carboxylic acids is 1. The minimum absolute atomic E-state index is 0.0841. The molecule has 0 aliphatic heterocycles. The Labute approximate surface area is 156 Å². The van der Waals surface area contributed by atoms with Crippen LogP contribution in [-0.2, 0) is 21.2 Å². The van der Waals surface area contributed by atoms with Gasteiger partial charge in [-0.05, 0) is 43.3 Å². The molecule has 1 aromatic carbocycles. The molecule has 26 heavy (non-hydrogen) atoms. The lowest BCUT2D eigenvalue weighted by Crippen LogP contribution is -2.49. The molecular formula is C18H21N3O3S2. The average Bonchev–Trinajstić information content (AvgIpc) is 3.24. The number of aromatic nitrogens is 1. The molecule has 0 fully saturated rings. The Morgan fingerprint density at radius 3 is 2.65 bits per heavy atom. The quantitative estimate of drug-likeness (QED) is 0.578. The molecule has 8 heteroatoms. The van der Waals surface area contributed by atoms with Crippen molar-refractivity contribution < 1.29 is 13.2 Å². The monoisotopic (exact) mass is 391 g/mol. The number of aromatic amines is 1. The lowest BCUT2D eigenvalue weighted by atomic mass is 10.0. The van der Waals surface area contributed by atoms with Crippen molar-refractivity contribution in [3.05, 3.63) is 53.5 Å². The number of rotatable bonds is 7. The summed E-state index contributed by atoms with van der Waals surface area (Å²) in [4.78, 5) is 15.8. The second-order valence-electron chi connectivity index (χ2n) is 6.33. The minimum atomic E-state index is -3.76. The van der Waals surface area contributed by atoms with Crippen LogP contribution in [0.1, 0.15) is 19.4 Å².